The number of para-hydroxylation sites is 1. The summed E-state index contributed by atoms with van der Waals surface area (Å²) in [7, 11) is 0. The molecule has 0 bridgehead atoms. The second-order valence-electron chi connectivity index (χ2n) is 12.0. The van der Waals surface area contributed by atoms with Gasteiger partial charge in [-0.05, 0) is 56.2 Å². The Morgan fingerprint density at radius 3 is 1.71 bits per heavy atom. The highest BCUT2D eigenvalue weighted by molar-refractivity contribution is 6.09. The summed E-state index contributed by atoms with van der Waals surface area (Å²) in [6.45, 7) is 20.7. The Morgan fingerprint density at radius 1 is 0.581 bits per heavy atom. The fourth-order valence-electron chi connectivity index (χ4n) is 4.49. The molecule has 0 N–H and O–H groups in total. The van der Waals surface area contributed by atoms with Gasteiger partial charge in [0.1, 0.15) is 11.2 Å². The Balaban J connectivity index is 2.12. The van der Waals surface area contributed by atoms with E-state index in [4.69, 9.17) is 4.42 Å². The third-order valence-electron chi connectivity index (χ3n) is 6.27. The Hall–Kier alpha value is -2.54. The summed E-state index contributed by atoms with van der Waals surface area (Å²) < 4.78 is 6.24. The zero-order valence-electron chi connectivity index (χ0n) is 20.6. The number of hydrogen-bond donors (Lipinski definition) is 0. The van der Waals surface area contributed by atoms with Crippen molar-refractivity contribution in [2.24, 2.45) is 0 Å². The van der Waals surface area contributed by atoms with E-state index < -0.39 is 0 Å². The van der Waals surface area contributed by atoms with Crippen LogP contribution in [0.5, 0.6) is 0 Å². The quantitative estimate of drug-likeness (QED) is 0.304. The molecule has 0 radical (unpaired) electrons. The first-order chi connectivity index (χ1) is 14.3. The normalized spacial score (nSPS) is 13.3. The Kier molecular flexibility index (Phi) is 4.89. The Labute approximate surface area is 187 Å². The summed E-state index contributed by atoms with van der Waals surface area (Å²) in [5.41, 5.74) is 8.81. The topological polar surface area (TPSA) is 13.1 Å². The molecule has 0 saturated heterocycles. The van der Waals surface area contributed by atoms with Crippen LogP contribution in [0, 0.1) is 0 Å². The zero-order chi connectivity index (χ0) is 22.8. The molecule has 0 fully saturated rings. The number of furan rings is 1. The highest BCUT2D eigenvalue weighted by atomic mass is 16.3. The van der Waals surface area contributed by atoms with Crippen LogP contribution in [0.4, 0.5) is 0 Å². The van der Waals surface area contributed by atoms with Crippen molar-refractivity contribution in [1.29, 1.82) is 0 Å². The van der Waals surface area contributed by atoms with Crippen LogP contribution in [-0.2, 0) is 16.2 Å². The van der Waals surface area contributed by atoms with Crippen molar-refractivity contribution < 1.29 is 4.42 Å². The molecular formula is C30H36O. The average molecular weight is 413 g/mol. The van der Waals surface area contributed by atoms with Gasteiger partial charge in [-0.3, -0.25) is 0 Å². The summed E-state index contributed by atoms with van der Waals surface area (Å²) in [5.74, 6) is 0. The molecule has 4 rings (SSSR count). The maximum atomic E-state index is 6.24. The molecule has 1 aromatic heterocycles. The molecule has 0 unspecified atom stereocenters. The van der Waals surface area contributed by atoms with Crippen molar-refractivity contribution >= 4 is 21.9 Å². The summed E-state index contributed by atoms with van der Waals surface area (Å²) in [5, 5.41) is 2.45. The first kappa shape index (κ1) is 21.7. The van der Waals surface area contributed by atoms with Crippen LogP contribution in [0.2, 0.25) is 0 Å². The van der Waals surface area contributed by atoms with Crippen LogP contribution in [0.25, 0.3) is 33.1 Å². The van der Waals surface area contributed by atoms with Gasteiger partial charge in [-0.25, -0.2) is 0 Å². The number of benzene rings is 3. The largest absolute Gasteiger partial charge is 0.456 e. The highest BCUT2D eigenvalue weighted by Crippen LogP contribution is 2.44. The zero-order valence-corrected chi connectivity index (χ0v) is 20.6. The van der Waals surface area contributed by atoms with E-state index >= 15 is 0 Å². The monoisotopic (exact) mass is 412 g/mol. The minimum absolute atomic E-state index is 0.0267. The second-order valence-corrected chi connectivity index (χ2v) is 12.0. The Bertz CT molecular complexity index is 1230. The minimum atomic E-state index is -0.0267. The van der Waals surface area contributed by atoms with E-state index in [0.29, 0.717) is 0 Å². The summed E-state index contributed by atoms with van der Waals surface area (Å²) >= 11 is 0. The van der Waals surface area contributed by atoms with Gasteiger partial charge in [0.15, 0.2) is 0 Å². The smallest absolute Gasteiger partial charge is 0.135 e. The first-order valence-electron chi connectivity index (χ1n) is 11.4. The van der Waals surface area contributed by atoms with E-state index in [1.54, 1.807) is 0 Å². The van der Waals surface area contributed by atoms with E-state index in [-0.39, 0.29) is 16.2 Å². The Morgan fingerprint density at radius 2 is 1.16 bits per heavy atom. The van der Waals surface area contributed by atoms with E-state index in [1.807, 2.05) is 6.07 Å². The van der Waals surface area contributed by atoms with Gasteiger partial charge in [-0.2, -0.15) is 0 Å². The lowest BCUT2D eigenvalue weighted by atomic mass is 9.75. The molecule has 0 aliphatic heterocycles. The van der Waals surface area contributed by atoms with Crippen LogP contribution in [0.15, 0.2) is 59.0 Å². The van der Waals surface area contributed by atoms with Crippen LogP contribution < -0.4 is 0 Å². The molecule has 1 nitrogen and oxygen atoms in total. The third-order valence-corrected chi connectivity index (χ3v) is 6.27. The minimum Gasteiger partial charge on any atom is -0.456 e. The highest BCUT2D eigenvalue weighted by Gasteiger charge is 2.27. The molecule has 1 heterocycles. The predicted molar refractivity (Wildman–Crippen MR) is 135 cm³/mol. The van der Waals surface area contributed by atoms with Crippen molar-refractivity contribution in [3.63, 3.8) is 0 Å². The fraction of sp³-hybridized carbons (Fsp3) is 0.400. The molecule has 0 amide bonds. The maximum Gasteiger partial charge on any atom is 0.135 e. The van der Waals surface area contributed by atoms with E-state index in [0.717, 1.165) is 11.2 Å². The van der Waals surface area contributed by atoms with Crippen LogP contribution in [0.1, 0.15) is 79.0 Å². The molecule has 0 spiro atoms. The molecule has 0 aliphatic rings. The molecule has 3 aromatic carbocycles. The van der Waals surface area contributed by atoms with Crippen LogP contribution in [0.3, 0.4) is 0 Å². The van der Waals surface area contributed by atoms with Gasteiger partial charge in [0.25, 0.3) is 0 Å². The van der Waals surface area contributed by atoms with Gasteiger partial charge < -0.3 is 4.42 Å². The van der Waals surface area contributed by atoms with Crippen molar-refractivity contribution in [1.82, 2.24) is 0 Å². The van der Waals surface area contributed by atoms with Crippen molar-refractivity contribution in [3.8, 4) is 11.1 Å². The lowest BCUT2D eigenvalue weighted by Gasteiger charge is -2.28. The van der Waals surface area contributed by atoms with Crippen molar-refractivity contribution in [3.05, 3.63) is 71.3 Å². The van der Waals surface area contributed by atoms with E-state index in [2.05, 4.69) is 111 Å². The lowest BCUT2D eigenvalue weighted by molar-refractivity contribution is 0.568. The van der Waals surface area contributed by atoms with Gasteiger partial charge >= 0.3 is 0 Å². The lowest BCUT2D eigenvalue weighted by Crippen LogP contribution is -2.17. The SMILES string of the molecule is CC(C)(C)c1cc(-c2ccc3oc4ccccc4c3c2C(C)(C)C)cc(C(C)(C)C)c1. The van der Waals surface area contributed by atoms with Gasteiger partial charge in [0.05, 0.1) is 0 Å². The molecule has 0 aliphatic carbocycles. The molecule has 0 saturated carbocycles. The molecule has 1 heteroatoms. The molecule has 4 aromatic rings. The summed E-state index contributed by atoms with van der Waals surface area (Å²) in [4.78, 5) is 0. The van der Waals surface area contributed by atoms with Crippen molar-refractivity contribution in [2.75, 3.05) is 0 Å². The average Bonchev–Trinajstić information content (AvgIpc) is 3.03. The van der Waals surface area contributed by atoms with E-state index in [9.17, 15) is 0 Å². The summed E-state index contributed by atoms with van der Waals surface area (Å²) in [6.07, 6.45) is 0. The van der Waals surface area contributed by atoms with Gasteiger partial charge in [-0.15, -0.1) is 0 Å². The van der Waals surface area contributed by atoms with Gasteiger partial charge in [0.2, 0.25) is 0 Å². The van der Waals surface area contributed by atoms with E-state index in [1.165, 1.54) is 38.6 Å². The van der Waals surface area contributed by atoms with Crippen LogP contribution in [-0.4, -0.2) is 0 Å². The van der Waals surface area contributed by atoms with Crippen molar-refractivity contribution in [2.45, 2.75) is 78.6 Å². The standard InChI is InChI=1S/C30H36O/c1-28(2,3)20-16-19(17-21(18-20)29(4,5)6)22-14-15-25-26(27(22)30(7,8)9)23-12-10-11-13-24(23)31-25/h10-18H,1-9H3. The maximum absolute atomic E-state index is 6.24. The third kappa shape index (κ3) is 3.91. The molecule has 31 heavy (non-hydrogen) atoms. The number of hydrogen-bond acceptors (Lipinski definition) is 1. The van der Waals surface area contributed by atoms with Gasteiger partial charge in [0, 0.05) is 10.8 Å². The molecule has 162 valence electrons. The first-order valence-corrected chi connectivity index (χ1v) is 11.4. The number of fused-ring (bicyclic) bond motifs is 3. The molecule has 0 atom stereocenters. The van der Waals surface area contributed by atoms with Crippen LogP contribution >= 0.6 is 0 Å². The number of rotatable bonds is 1. The predicted octanol–water partition coefficient (Wildman–Crippen LogP) is 9.15. The fourth-order valence-corrected chi connectivity index (χ4v) is 4.49. The summed E-state index contributed by atoms with van der Waals surface area (Å²) in [6, 6.07) is 20.0. The van der Waals surface area contributed by atoms with Gasteiger partial charge in [-0.1, -0.05) is 105 Å². The molecular weight excluding hydrogens is 376 g/mol. The second kappa shape index (κ2) is 6.99.